The lowest BCUT2D eigenvalue weighted by molar-refractivity contribution is 0.0951. The maximum absolute atomic E-state index is 11.8. The Bertz CT molecular complexity index is 482. The molecule has 0 radical (unpaired) electrons. The molecule has 82 valence electrons. The summed E-state index contributed by atoms with van der Waals surface area (Å²) in [5, 5.41) is 5.29. The third kappa shape index (κ3) is 2.62. The van der Waals surface area contributed by atoms with E-state index in [0.29, 0.717) is 17.1 Å². The van der Waals surface area contributed by atoms with E-state index < -0.39 is 0 Å². The molecule has 0 aliphatic heterocycles. The maximum Gasteiger partial charge on any atom is 0.253 e. The molecule has 2 nitrogen and oxygen atoms in total. The Morgan fingerprint density at radius 2 is 2.06 bits per heavy atom. The van der Waals surface area contributed by atoms with Gasteiger partial charge in [0, 0.05) is 4.88 Å². The summed E-state index contributed by atoms with van der Waals surface area (Å²) in [5.41, 5.74) is 0.515. The minimum absolute atomic E-state index is 0.140. The van der Waals surface area contributed by atoms with Crippen LogP contribution in [-0.4, -0.2) is 5.91 Å². The first-order valence-corrected chi connectivity index (χ1v) is 6.08. The van der Waals surface area contributed by atoms with E-state index in [4.69, 9.17) is 11.6 Å². The average molecular weight is 252 g/mol. The zero-order chi connectivity index (χ0) is 11.4. The molecular formula is C12H10ClNOS. The van der Waals surface area contributed by atoms with Gasteiger partial charge in [0.1, 0.15) is 0 Å². The van der Waals surface area contributed by atoms with Gasteiger partial charge in [-0.15, -0.1) is 11.3 Å². The molecular weight excluding hydrogens is 242 g/mol. The number of benzene rings is 1. The molecule has 4 heteroatoms. The van der Waals surface area contributed by atoms with E-state index in [1.54, 1.807) is 35.6 Å². The third-order valence-corrected chi connectivity index (χ3v) is 3.33. The molecule has 2 aromatic rings. The predicted octanol–water partition coefficient (Wildman–Crippen LogP) is 3.33. The summed E-state index contributed by atoms with van der Waals surface area (Å²) in [5.74, 6) is -0.140. The zero-order valence-electron chi connectivity index (χ0n) is 8.44. The van der Waals surface area contributed by atoms with Crippen molar-refractivity contribution >= 4 is 28.8 Å². The van der Waals surface area contributed by atoms with Crippen molar-refractivity contribution in [1.29, 1.82) is 0 Å². The summed E-state index contributed by atoms with van der Waals surface area (Å²) >= 11 is 7.54. The number of hydrogen-bond acceptors (Lipinski definition) is 2. The fourth-order valence-electron chi connectivity index (χ4n) is 1.32. The molecule has 1 heterocycles. The topological polar surface area (TPSA) is 29.1 Å². The van der Waals surface area contributed by atoms with E-state index in [1.165, 1.54) is 0 Å². The van der Waals surface area contributed by atoms with Gasteiger partial charge in [-0.2, -0.15) is 0 Å². The molecule has 0 unspecified atom stereocenters. The van der Waals surface area contributed by atoms with Crippen LogP contribution in [0.1, 0.15) is 15.2 Å². The van der Waals surface area contributed by atoms with Gasteiger partial charge in [0.05, 0.1) is 17.1 Å². The fraction of sp³-hybridized carbons (Fsp3) is 0.0833. The second kappa shape index (κ2) is 5.14. The van der Waals surface area contributed by atoms with E-state index in [0.717, 1.165) is 4.88 Å². The summed E-state index contributed by atoms with van der Waals surface area (Å²) < 4.78 is 0. The van der Waals surface area contributed by atoms with Gasteiger partial charge in [-0.25, -0.2) is 0 Å². The number of thiophene rings is 1. The van der Waals surface area contributed by atoms with E-state index in [9.17, 15) is 4.79 Å². The molecule has 0 bridgehead atoms. The van der Waals surface area contributed by atoms with Gasteiger partial charge in [-0.05, 0) is 23.6 Å². The summed E-state index contributed by atoms with van der Waals surface area (Å²) in [4.78, 5) is 12.9. The maximum atomic E-state index is 11.8. The van der Waals surface area contributed by atoms with Crippen LogP contribution in [0.25, 0.3) is 0 Å². The monoisotopic (exact) mass is 251 g/mol. The molecule has 2 rings (SSSR count). The van der Waals surface area contributed by atoms with Crippen LogP contribution in [0.2, 0.25) is 5.02 Å². The summed E-state index contributed by atoms with van der Waals surface area (Å²) in [6, 6.07) is 11.0. The van der Waals surface area contributed by atoms with Crippen molar-refractivity contribution in [2.45, 2.75) is 6.54 Å². The summed E-state index contributed by atoms with van der Waals surface area (Å²) in [7, 11) is 0. The van der Waals surface area contributed by atoms with Crippen LogP contribution < -0.4 is 5.32 Å². The van der Waals surface area contributed by atoms with E-state index in [2.05, 4.69) is 5.32 Å². The van der Waals surface area contributed by atoms with Crippen molar-refractivity contribution in [3.05, 3.63) is 57.2 Å². The minimum atomic E-state index is -0.140. The van der Waals surface area contributed by atoms with Gasteiger partial charge < -0.3 is 5.32 Å². The number of amides is 1. The second-order valence-electron chi connectivity index (χ2n) is 3.24. The number of carbonyl (C=O) groups is 1. The number of nitrogens with one attached hydrogen (secondary N) is 1. The molecule has 0 aliphatic carbocycles. The van der Waals surface area contributed by atoms with Crippen molar-refractivity contribution in [2.75, 3.05) is 0 Å². The quantitative estimate of drug-likeness (QED) is 0.891. The Morgan fingerprint density at radius 1 is 1.25 bits per heavy atom. The molecule has 1 aromatic heterocycles. The Hall–Kier alpha value is -1.32. The lowest BCUT2D eigenvalue weighted by atomic mass is 10.2. The lowest BCUT2D eigenvalue weighted by Gasteiger charge is -2.04. The average Bonchev–Trinajstić information content (AvgIpc) is 2.79. The third-order valence-electron chi connectivity index (χ3n) is 2.12. The summed E-state index contributed by atoms with van der Waals surface area (Å²) in [6.45, 7) is 0.543. The van der Waals surface area contributed by atoms with Crippen molar-refractivity contribution < 1.29 is 4.79 Å². The molecule has 0 aliphatic rings. The van der Waals surface area contributed by atoms with Gasteiger partial charge >= 0.3 is 0 Å². The largest absolute Gasteiger partial charge is 0.347 e. The van der Waals surface area contributed by atoms with Gasteiger partial charge in [-0.3, -0.25) is 4.79 Å². The summed E-state index contributed by atoms with van der Waals surface area (Å²) in [6.07, 6.45) is 0. The van der Waals surface area contributed by atoms with E-state index >= 15 is 0 Å². The molecule has 16 heavy (non-hydrogen) atoms. The Labute approximate surface area is 103 Å². The molecule has 0 saturated heterocycles. The van der Waals surface area contributed by atoms with Crippen LogP contribution >= 0.6 is 22.9 Å². The normalized spacial score (nSPS) is 10.1. The highest BCUT2D eigenvalue weighted by molar-refractivity contribution is 7.09. The zero-order valence-corrected chi connectivity index (χ0v) is 10.0. The van der Waals surface area contributed by atoms with Crippen LogP contribution in [0, 0.1) is 0 Å². The second-order valence-corrected chi connectivity index (χ2v) is 4.68. The van der Waals surface area contributed by atoms with E-state index in [-0.39, 0.29) is 5.91 Å². The SMILES string of the molecule is O=C(NCc1cccs1)c1ccccc1Cl. The first-order chi connectivity index (χ1) is 7.77. The van der Waals surface area contributed by atoms with Crippen molar-refractivity contribution in [3.63, 3.8) is 0 Å². The van der Waals surface area contributed by atoms with Gasteiger partial charge in [-0.1, -0.05) is 29.8 Å². The van der Waals surface area contributed by atoms with Crippen LogP contribution in [0.3, 0.4) is 0 Å². The van der Waals surface area contributed by atoms with Crippen molar-refractivity contribution in [1.82, 2.24) is 5.32 Å². The molecule has 0 fully saturated rings. The lowest BCUT2D eigenvalue weighted by Crippen LogP contribution is -2.22. The smallest absolute Gasteiger partial charge is 0.253 e. The first-order valence-electron chi connectivity index (χ1n) is 4.82. The van der Waals surface area contributed by atoms with Gasteiger partial charge in [0.2, 0.25) is 0 Å². The number of rotatable bonds is 3. The van der Waals surface area contributed by atoms with Gasteiger partial charge in [0.15, 0.2) is 0 Å². The van der Waals surface area contributed by atoms with Crippen molar-refractivity contribution in [2.24, 2.45) is 0 Å². The predicted molar refractivity (Wildman–Crippen MR) is 66.9 cm³/mol. The minimum Gasteiger partial charge on any atom is -0.347 e. The Morgan fingerprint density at radius 3 is 2.75 bits per heavy atom. The number of hydrogen-bond donors (Lipinski definition) is 1. The molecule has 1 aromatic carbocycles. The first kappa shape index (κ1) is 11.2. The Balaban J connectivity index is 2.01. The number of halogens is 1. The van der Waals surface area contributed by atoms with E-state index in [1.807, 2.05) is 17.5 Å². The highest BCUT2D eigenvalue weighted by atomic mass is 35.5. The molecule has 1 N–H and O–H groups in total. The van der Waals surface area contributed by atoms with Crippen LogP contribution in [0.4, 0.5) is 0 Å². The standard InChI is InChI=1S/C12H10ClNOS/c13-11-6-2-1-5-10(11)12(15)14-8-9-4-3-7-16-9/h1-7H,8H2,(H,14,15). The highest BCUT2D eigenvalue weighted by Gasteiger charge is 2.08. The van der Waals surface area contributed by atoms with Crippen LogP contribution in [-0.2, 0) is 6.54 Å². The number of carbonyl (C=O) groups excluding carboxylic acids is 1. The molecule has 1 amide bonds. The Kier molecular flexibility index (Phi) is 3.59. The fourth-order valence-corrected chi connectivity index (χ4v) is 2.19. The highest BCUT2D eigenvalue weighted by Crippen LogP contribution is 2.15. The van der Waals surface area contributed by atoms with Crippen LogP contribution in [0.5, 0.6) is 0 Å². The molecule has 0 spiro atoms. The molecule has 0 saturated carbocycles. The molecule has 0 atom stereocenters. The van der Waals surface area contributed by atoms with Gasteiger partial charge in [0.25, 0.3) is 5.91 Å². The van der Waals surface area contributed by atoms with Crippen LogP contribution in [0.15, 0.2) is 41.8 Å². The van der Waals surface area contributed by atoms with Crippen molar-refractivity contribution in [3.8, 4) is 0 Å².